The van der Waals surface area contributed by atoms with Crippen LogP contribution in [0.4, 0.5) is 0 Å². The molecular formula is C30H41N5O2. The number of benzene rings is 2. The highest BCUT2D eigenvalue weighted by Gasteiger charge is 2.32. The Balaban J connectivity index is 1.67. The monoisotopic (exact) mass is 503 g/mol. The number of carbonyl (C=O) groups is 1. The van der Waals surface area contributed by atoms with Gasteiger partial charge in [-0.3, -0.25) is 15.2 Å². The van der Waals surface area contributed by atoms with Crippen molar-refractivity contribution in [1.29, 1.82) is 0 Å². The van der Waals surface area contributed by atoms with E-state index in [4.69, 9.17) is 10.6 Å². The third-order valence-electron chi connectivity index (χ3n) is 6.53. The number of pyridine rings is 1. The van der Waals surface area contributed by atoms with Crippen molar-refractivity contribution in [1.82, 2.24) is 20.9 Å². The zero-order chi connectivity index (χ0) is 26.8. The molecule has 3 atom stereocenters. The molecule has 0 aliphatic carbocycles. The molecule has 0 radical (unpaired) electrons. The smallest absolute Gasteiger partial charge is 0.254 e. The third kappa shape index (κ3) is 8.76. The second kappa shape index (κ2) is 13.4. The van der Waals surface area contributed by atoms with Gasteiger partial charge in [-0.1, -0.05) is 82.3 Å². The molecule has 0 saturated heterocycles. The fraction of sp³-hybridized carbons (Fsp3) is 0.400. The highest BCUT2D eigenvalue weighted by atomic mass is 16.6. The number of carbonyl (C=O) groups excluding carboxylic acids is 1. The Morgan fingerprint density at radius 2 is 1.59 bits per heavy atom. The van der Waals surface area contributed by atoms with E-state index >= 15 is 0 Å². The van der Waals surface area contributed by atoms with Crippen LogP contribution in [-0.4, -0.2) is 41.6 Å². The Morgan fingerprint density at radius 1 is 0.973 bits per heavy atom. The lowest BCUT2D eigenvalue weighted by molar-refractivity contribution is -0.136. The van der Waals surface area contributed by atoms with E-state index in [1.807, 2.05) is 56.1 Å². The van der Waals surface area contributed by atoms with Gasteiger partial charge >= 0.3 is 0 Å². The summed E-state index contributed by atoms with van der Waals surface area (Å²) in [6.07, 6.45) is 4.35. The molecule has 7 nitrogen and oxygen atoms in total. The van der Waals surface area contributed by atoms with E-state index in [1.54, 1.807) is 12.4 Å². The lowest BCUT2D eigenvalue weighted by Crippen LogP contribution is -2.56. The predicted octanol–water partition coefficient (Wildman–Crippen LogP) is 4.35. The van der Waals surface area contributed by atoms with E-state index in [2.05, 4.69) is 59.2 Å². The second-order valence-corrected chi connectivity index (χ2v) is 10.7. The van der Waals surface area contributed by atoms with Gasteiger partial charge in [0.2, 0.25) is 0 Å². The average Bonchev–Trinajstić information content (AvgIpc) is 2.88. The van der Waals surface area contributed by atoms with Crippen LogP contribution in [0.3, 0.4) is 0 Å². The minimum absolute atomic E-state index is 0.0718. The van der Waals surface area contributed by atoms with Gasteiger partial charge in [-0.2, -0.15) is 5.48 Å². The van der Waals surface area contributed by atoms with E-state index in [-0.39, 0.29) is 23.3 Å². The summed E-state index contributed by atoms with van der Waals surface area (Å²) in [5.74, 6) is -0.00916. The van der Waals surface area contributed by atoms with Gasteiger partial charge in [0.15, 0.2) is 0 Å². The number of hydrogen-bond donors (Lipinski definition) is 3. The van der Waals surface area contributed by atoms with Crippen LogP contribution >= 0.6 is 0 Å². The molecule has 0 aliphatic heterocycles. The summed E-state index contributed by atoms with van der Waals surface area (Å²) in [5, 5.41) is 1.96. The van der Waals surface area contributed by atoms with E-state index in [1.165, 1.54) is 12.7 Å². The molecule has 1 heterocycles. The molecule has 37 heavy (non-hydrogen) atoms. The lowest BCUT2D eigenvalue weighted by Gasteiger charge is -2.34. The highest BCUT2D eigenvalue weighted by molar-refractivity contribution is 5.82. The van der Waals surface area contributed by atoms with Crippen LogP contribution in [0.15, 0.2) is 79.1 Å². The second-order valence-electron chi connectivity index (χ2n) is 10.7. The standard InChI is InChI=1S/C30H41N5O2/c1-22(27(31)19-23-11-13-25(14-12-23)26-15-17-32-18-16-26)20-35(21-24-9-7-6-8-10-24)33-29(36)28(34-37-5)30(2,3)4/h6-18,22,27-28,34H,19-21,31H2,1-5H3,(H,33,36). The van der Waals surface area contributed by atoms with Crippen molar-refractivity contribution in [3.05, 3.63) is 90.3 Å². The van der Waals surface area contributed by atoms with E-state index < -0.39 is 6.04 Å². The number of rotatable bonds is 12. The fourth-order valence-electron chi connectivity index (χ4n) is 4.25. The summed E-state index contributed by atoms with van der Waals surface area (Å²) in [6, 6.07) is 22.1. The van der Waals surface area contributed by atoms with E-state index in [9.17, 15) is 4.79 Å². The number of amides is 1. The Morgan fingerprint density at radius 3 is 2.19 bits per heavy atom. The molecule has 198 valence electrons. The van der Waals surface area contributed by atoms with Crippen LogP contribution in [0, 0.1) is 11.3 Å². The molecule has 7 heteroatoms. The predicted molar refractivity (Wildman–Crippen MR) is 149 cm³/mol. The largest absolute Gasteiger partial charge is 0.327 e. The number of hydrogen-bond acceptors (Lipinski definition) is 6. The molecule has 4 N–H and O–H groups in total. The maximum atomic E-state index is 13.2. The summed E-state index contributed by atoms with van der Waals surface area (Å²) in [4.78, 5) is 22.5. The average molecular weight is 504 g/mol. The summed E-state index contributed by atoms with van der Waals surface area (Å²) >= 11 is 0. The minimum Gasteiger partial charge on any atom is -0.327 e. The zero-order valence-electron chi connectivity index (χ0n) is 22.6. The van der Waals surface area contributed by atoms with Gasteiger partial charge in [-0.15, -0.1) is 0 Å². The molecule has 0 aliphatic rings. The van der Waals surface area contributed by atoms with Crippen LogP contribution in [0.25, 0.3) is 11.1 Å². The van der Waals surface area contributed by atoms with Gasteiger partial charge in [0.25, 0.3) is 5.91 Å². The first-order valence-corrected chi connectivity index (χ1v) is 12.8. The lowest BCUT2D eigenvalue weighted by atomic mass is 9.87. The molecular weight excluding hydrogens is 462 g/mol. The number of aromatic nitrogens is 1. The quantitative estimate of drug-likeness (QED) is 0.318. The molecule has 0 bridgehead atoms. The van der Waals surface area contributed by atoms with Gasteiger partial charge < -0.3 is 10.6 Å². The summed E-state index contributed by atoms with van der Waals surface area (Å²) in [7, 11) is 1.53. The van der Waals surface area contributed by atoms with Crippen molar-refractivity contribution in [2.75, 3.05) is 13.7 Å². The first-order chi connectivity index (χ1) is 17.7. The summed E-state index contributed by atoms with van der Waals surface area (Å²) in [5.41, 5.74) is 16.9. The SMILES string of the molecule is CONC(C(=O)NN(Cc1ccccc1)CC(C)C(N)Cc1ccc(-c2ccncc2)cc1)C(C)(C)C. The van der Waals surface area contributed by atoms with Crippen molar-refractivity contribution in [2.24, 2.45) is 17.1 Å². The van der Waals surface area contributed by atoms with Crippen molar-refractivity contribution in [3.63, 3.8) is 0 Å². The van der Waals surface area contributed by atoms with Gasteiger partial charge in [0, 0.05) is 31.5 Å². The summed E-state index contributed by atoms with van der Waals surface area (Å²) in [6.45, 7) is 9.33. The maximum absolute atomic E-state index is 13.2. The van der Waals surface area contributed by atoms with E-state index in [0.29, 0.717) is 13.1 Å². The van der Waals surface area contributed by atoms with Crippen LogP contribution < -0.4 is 16.6 Å². The molecule has 3 aromatic rings. The van der Waals surface area contributed by atoms with Crippen LogP contribution in [0.5, 0.6) is 0 Å². The zero-order valence-corrected chi connectivity index (χ0v) is 22.6. The first kappa shape index (κ1) is 28.5. The summed E-state index contributed by atoms with van der Waals surface area (Å²) < 4.78 is 0. The van der Waals surface area contributed by atoms with Crippen molar-refractivity contribution < 1.29 is 9.63 Å². The topological polar surface area (TPSA) is 92.5 Å². The number of nitrogens with zero attached hydrogens (tertiary/aromatic N) is 2. The Kier molecular flexibility index (Phi) is 10.3. The number of nitrogens with one attached hydrogen (secondary N) is 2. The van der Waals surface area contributed by atoms with Gasteiger partial charge in [0.05, 0.1) is 7.11 Å². The van der Waals surface area contributed by atoms with Gasteiger partial charge in [-0.25, -0.2) is 5.01 Å². The maximum Gasteiger partial charge on any atom is 0.254 e. The Labute approximate surface area is 221 Å². The fourth-order valence-corrected chi connectivity index (χ4v) is 4.25. The molecule has 2 aromatic carbocycles. The molecule has 0 saturated carbocycles. The third-order valence-corrected chi connectivity index (χ3v) is 6.53. The van der Waals surface area contributed by atoms with E-state index in [0.717, 1.165) is 23.1 Å². The van der Waals surface area contributed by atoms with Crippen molar-refractivity contribution in [3.8, 4) is 11.1 Å². The number of nitrogens with two attached hydrogens (primary N) is 1. The van der Waals surface area contributed by atoms with Crippen LogP contribution in [0.2, 0.25) is 0 Å². The Bertz CT molecular complexity index is 1080. The molecule has 1 amide bonds. The first-order valence-electron chi connectivity index (χ1n) is 12.8. The normalized spacial score (nSPS) is 14.2. The Hall–Kier alpha value is -3.10. The van der Waals surface area contributed by atoms with Crippen molar-refractivity contribution in [2.45, 2.75) is 52.7 Å². The van der Waals surface area contributed by atoms with Gasteiger partial charge in [-0.05, 0) is 52.1 Å². The minimum atomic E-state index is -0.515. The van der Waals surface area contributed by atoms with Crippen LogP contribution in [0.1, 0.15) is 38.8 Å². The molecule has 0 spiro atoms. The van der Waals surface area contributed by atoms with Gasteiger partial charge in [0.1, 0.15) is 6.04 Å². The number of hydroxylamine groups is 1. The molecule has 0 fully saturated rings. The molecule has 3 unspecified atom stereocenters. The molecule has 3 rings (SSSR count). The molecule has 1 aromatic heterocycles. The van der Waals surface area contributed by atoms with Crippen LogP contribution in [-0.2, 0) is 22.6 Å². The number of hydrazine groups is 1. The van der Waals surface area contributed by atoms with Crippen molar-refractivity contribution >= 4 is 5.91 Å². The highest BCUT2D eigenvalue weighted by Crippen LogP contribution is 2.21.